The van der Waals surface area contributed by atoms with Crippen LogP contribution in [0, 0.1) is 11.8 Å². The van der Waals surface area contributed by atoms with E-state index >= 15 is 0 Å². The van der Waals surface area contributed by atoms with Crippen molar-refractivity contribution in [2.75, 3.05) is 26.8 Å². The third-order valence-electron chi connectivity index (χ3n) is 5.25. The average molecular weight is 498 g/mol. The molecule has 1 aliphatic carbocycles. The molecule has 0 heterocycles. The van der Waals surface area contributed by atoms with Crippen LogP contribution < -0.4 is 11.1 Å². The summed E-state index contributed by atoms with van der Waals surface area (Å²) in [5.74, 6) is -1.09. The van der Waals surface area contributed by atoms with Gasteiger partial charge in [-0.05, 0) is 48.9 Å². The molecule has 0 radical (unpaired) electrons. The van der Waals surface area contributed by atoms with Crippen molar-refractivity contribution in [3.63, 3.8) is 0 Å². The number of carbonyl (C=O) groups is 2. The Kier molecular flexibility index (Phi) is 10.1. The number of hydrogen-bond donors (Lipinski definition) is 2. The van der Waals surface area contributed by atoms with Crippen molar-refractivity contribution in [3.05, 3.63) is 53.1 Å². The molecule has 1 aliphatic rings. The van der Waals surface area contributed by atoms with Crippen LogP contribution in [0.1, 0.15) is 26.7 Å². The van der Waals surface area contributed by atoms with Crippen LogP contribution in [0.4, 0.5) is 0 Å². The number of primary amides is 1. The number of nitrogens with zero attached hydrogens (tertiary/aromatic N) is 1. The van der Waals surface area contributed by atoms with Crippen LogP contribution in [0.3, 0.4) is 0 Å². The molecule has 0 saturated heterocycles. The van der Waals surface area contributed by atoms with E-state index in [4.69, 9.17) is 22.1 Å². The van der Waals surface area contributed by atoms with Crippen LogP contribution in [0.15, 0.2) is 53.0 Å². The fraction of sp³-hybridized carbons (Fsp3) is 0.478. The van der Waals surface area contributed by atoms with E-state index in [1.54, 1.807) is 25.3 Å². The number of rotatable bonds is 12. The highest BCUT2D eigenvalue weighted by atomic mass is 35.5. The number of methoxy groups -OCH3 is 1. The monoisotopic (exact) mass is 497 g/mol. The molecule has 2 amide bonds. The number of nitrogens with two attached hydrogens (primary N) is 1. The van der Waals surface area contributed by atoms with E-state index in [0.29, 0.717) is 36.6 Å². The summed E-state index contributed by atoms with van der Waals surface area (Å²) in [5, 5.41) is 3.16. The van der Waals surface area contributed by atoms with Crippen LogP contribution in [-0.4, -0.2) is 57.4 Å². The summed E-state index contributed by atoms with van der Waals surface area (Å²) in [7, 11) is -2.47. The van der Waals surface area contributed by atoms with Gasteiger partial charge in [0.2, 0.25) is 15.9 Å². The van der Waals surface area contributed by atoms with Crippen LogP contribution in [0.5, 0.6) is 0 Å². The number of ether oxygens (including phenoxy) is 1. The second kappa shape index (κ2) is 12.3. The lowest BCUT2D eigenvalue weighted by molar-refractivity contribution is -0.122. The Hall–Kier alpha value is -2.20. The fourth-order valence-electron chi connectivity index (χ4n) is 3.53. The SMILES string of the molecule is COCCNC(=O)C1=CCC(CN([C@H](CC(C)C)C(N)=O)S(=O)(=O)c2ccc(Cl)cc2)C=C1. The Labute approximate surface area is 200 Å². The molecule has 1 unspecified atom stereocenters. The summed E-state index contributed by atoms with van der Waals surface area (Å²) in [6.45, 7) is 4.66. The van der Waals surface area contributed by atoms with E-state index < -0.39 is 22.0 Å². The lowest BCUT2D eigenvalue weighted by atomic mass is 9.95. The molecule has 0 bridgehead atoms. The van der Waals surface area contributed by atoms with Crippen molar-refractivity contribution in [3.8, 4) is 0 Å². The zero-order chi connectivity index (χ0) is 24.6. The zero-order valence-corrected chi connectivity index (χ0v) is 20.7. The summed E-state index contributed by atoms with van der Waals surface area (Å²) in [6, 6.07) is 4.81. The molecule has 3 N–H and O–H groups in total. The Bertz CT molecular complexity index is 990. The molecule has 0 saturated carbocycles. The number of halogens is 1. The third kappa shape index (κ3) is 7.67. The third-order valence-corrected chi connectivity index (χ3v) is 7.39. The molecule has 2 rings (SSSR count). The smallest absolute Gasteiger partial charge is 0.251 e. The minimum absolute atomic E-state index is 0.0375. The zero-order valence-electron chi connectivity index (χ0n) is 19.2. The molecule has 0 aromatic heterocycles. The van der Waals surface area contributed by atoms with Gasteiger partial charge in [-0.1, -0.05) is 43.7 Å². The number of allylic oxidation sites excluding steroid dienone is 1. The molecule has 1 aromatic carbocycles. The molecule has 0 fully saturated rings. The first-order chi connectivity index (χ1) is 15.6. The van der Waals surface area contributed by atoms with Gasteiger partial charge in [-0.25, -0.2) is 8.42 Å². The molecule has 2 atom stereocenters. The number of benzene rings is 1. The minimum atomic E-state index is -4.03. The van der Waals surface area contributed by atoms with Gasteiger partial charge in [-0.15, -0.1) is 0 Å². The Morgan fingerprint density at radius 2 is 1.94 bits per heavy atom. The molecule has 0 aliphatic heterocycles. The molecule has 10 heteroatoms. The average Bonchev–Trinajstić information content (AvgIpc) is 2.76. The first-order valence-corrected chi connectivity index (χ1v) is 12.6. The predicted octanol–water partition coefficient (Wildman–Crippen LogP) is 2.50. The molecular formula is C23H32ClN3O5S. The molecular weight excluding hydrogens is 466 g/mol. The van der Waals surface area contributed by atoms with Gasteiger partial charge in [-0.2, -0.15) is 4.31 Å². The van der Waals surface area contributed by atoms with Crippen molar-refractivity contribution in [1.82, 2.24) is 9.62 Å². The number of nitrogens with one attached hydrogen (secondary N) is 1. The topological polar surface area (TPSA) is 119 Å². The molecule has 0 spiro atoms. The van der Waals surface area contributed by atoms with E-state index in [9.17, 15) is 18.0 Å². The van der Waals surface area contributed by atoms with Gasteiger partial charge in [-0.3, -0.25) is 9.59 Å². The lowest BCUT2D eigenvalue weighted by Gasteiger charge is -2.32. The van der Waals surface area contributed by atoms with E-state index in [2.05, 4.69) is 5.32 Å². The molecule has 8 nitrogen and oxygen atoms in total. The first-order valence-electron chi connectivity index (χ1n) is 10.8. The van der Waals surface area contributed by atoms with E-state index in [-0.39, 0.29) is 29.2 Å². The van der Waals surface area contributed by atoms with Crippen LogP contribution in [-0.2, 0) is 24.3 Å². The maximum absolute atomic E-state index is 13.5. The normalized spacial score (nSPS) is 17.2. The van der Waals surface area contributed by atoms with Gasteiger partial charge >= 0.3 is 0 Å². The highest BCUT2D eigenvalue weighted by Gasteiger charge is 2.36. The Morgan fingerprint density at radius 1 is 1.27 bits per heavy atom. The maximum atomic E-state index is 13.5. The lowest BCUT2D eigenvalue weighted by Crippen LogP contribution is -2.50. The standard InChI is InChI=1S/C23H32ClN3O5S/c1-16(2)14-21(22(25)28)27(33(30,31)20-10-8-19(24)9-11-20)15-17-4-6-18(7-5-17)23(29)26-12-13-32-3/h4,6-11,16-17,21H,5,12-15H2,1-3H3,(H2,25,28)(H,26,29)/t17?,21-/m1/s1. The van der Waals surface area contributed by atoms with Crippen molar-refractivity contribution in [2.24, 2.45) is 17.6 Å². The van der Waals surface area contributed by atoms with Crippen molar-refractivity contribution < 1.29 is 22.7 Å². The second-order valence-electron chi connectivity index (χ2n) is 8.34. The van der Waals surface area contributed by atoms with Gasteiger partial charge in [0.1, 0.15) is 6.04 Å². The molecule has 182 valence electrons. The Balaban J connectivity index is 2.27. The summed E-state index contributed by atoms with van der Waals surface area (Å²) in [6.07, 6.45) is 5.97. The van der Waals surface area contributed by atoms with Gasteiger partial charge in [0.05, 0.1) is 11.5 Å². The number of amides is 2. The summed E-state index contributed by atoms with van der Waals surface area (Å²) >= 11 is 5.92. The van der Waals surface area contributed by atoms with Gasteiger partial charge in [0, 0.05) is 30.8 Å². The quantitative estimate of drug-likeness (QED) is 0.430. The summed E-state index contributed by atoms with van der Waals surface area (Å²) in [5.41, 5.74) is 6.15. The Morgan fingerprint density at radius 3 is 2.45 bits per heavy atom. The summed E-state index contributed by atoms with van der Waals surface area (Å²) < 4.78 is 33.2. The van der Waals surface area contributed by atoms with Crippen molar-refractivity contribution in [1.29, 1.82) is 0 Å². The van der Waals surface area contributed by atoms with Crippen LogP contribution >= 0.6 is 11.6 Å². The number of hydrogen-bond acceptors (Lipinski definition) is 5. The van der Waals surface area contributed by atoms with Crippen LogP contribution in [0.25, 0.3) is 0 Å². The summed E-state index contributed by atoms with van der Waals surface area (Å²) in [4.78, 5) is 24.6. The maximum Gasteiger partial charge on any atom is 0.251 e. The number of carbonyl (C=O) groups excluding carboxylic acids is 2. The van der Waals surface area contributed by atoms with Gasteiger partial charge in [0.25, 0.3) is 5.91 Å². The molecule has 1 aromatic rings. The highest BCUT2D eigenvalue weighted by Crippen LogP contribution is 2.27. The van der Waals surface area contributed by atoms with E-state index in [0.717, 1.165) is 0 Å². The van der Waals surface area contributed by atoms with Gasteiger partial charge in [0.15, 0.2) is 0 Å². The second-order valence-corrected chi connectivity index (χ2v) is 10.7. The van der Waals surface area contributed by atoms with E-state index in [1.165, 1.54) is 28.6 Å². The molecule has 33 heavy (non-hydrogen) atoms. The highest BCUT2D eigenvalue weighted by molar-refractivity contribution is 7.89. The van der Waals surface area contributed by atoms with Crippen LogP contribution in [0.2, 0.25) is 5.02 Å². The predicted molar refractivity (Wildman–Crippen MR) is 128 cm³/mol. The minimum Gasteiger partial charge on any atom is -0.383 e. The van der Waals surface area contributed by atoms with Crippen molar-refractivity contribution in [2.45, 2.75) is 37.6 Å². The van der Waals surface area contributed by atoms with Gasteiger partial charge < -0.3 is 15.8 Å². The first kappa shape index (κ1) is 27.0. The van der Waals surface area contributed by atoms with E-state index in [1.807, 2.05) is 13.8 Å². The number of sulfonamides is 1. The fourth-order valence-corrected chi connectivity index (χ4v) is 5.31. The largest absolute Gasteiger partial charge is 0.383 e. The van der Waals surface area contributed by atoms with Crippen molar-refractivity contribution >= 4 is 33.4 Å².